The Balaban J connectivity index is 2.49. The van der Waals surface area contributed by atoms with Gasteiger partial charge in [0.1, 0.15) is 5.71 Å². The van der Waals surface area contributed by atoms with Crippen molar-refractivity contribution in [2.45, 2.75) is 19.1 Å². The van der Waals surface area contributed by atoms with Gasteiger partial charge < -0.3 is 0 Å². The molecule has 7 nitrogen and oxygen atoms in total. The Hall–Kier alpha value is -1.93. The summed E-state index contributed by atoms with van der Waals surface area (Å²) >= 11 is 5.98. The van der Waals surface area contributed by atoms with Gasteiger partial charge in [-0.1, -0.05) is 17.7 Å². The average molecular weight is 359 g/mol. The van der Waals surface area contributed by atoms with Crippen LogP contribution in [0.1, 0.15) is 12.5 Å². The van der Waals surface area contributed by atoms with Crippen LogP contribution in [0.25, 0.3) is 0 Å². The van der Waals surface area contributed by atoms with Gasteiger partial charge in [-0.2, -0.15) is 14.3 Å². The molecule has 1 aromatic carbocycles. The number of sulfonamides is 1. The van der Waals surface area contributed by atoms with Crippen LogP contribution in [-0.4, -0.2) is 54.9 Å². The molecule has 124 valence electrons. The number of carbonyl (C=O) groups is 2. The molecule has 0 radical (unpaired) electrons. The number of carbonyl (C=O) groups excluding carboxylic acids is 2. The maximum atomic E-state index is 12.7. The number of anilines is 1. The SMILES string of the molecule is CC1=[N+](C)C(=O)N(C)C(=O)C1S(=O)(=O)Nc1cccc(Cl)c1C. The Morgan fingerprint density at radius 2 is 1.87 bits per heavy atom. The van der Waals surface area contributed by atoms with Gasteiger partial charge in [-0.05, 0) is 31.5 Å². The maximum Gasteiger partial charge on any atom is 0.500 e. The molecule has 1 unspecified atom stereocenters. The minimum atomic E-state index is -4.09. The molecule has 0 aliphatic carbocycles. The Bertz CT molecular complexity index is 832. The first-order chi connectivity index (χ1) is 10.6. The van der Waals surface area contributed by atoms with Crippen molar-refractivity contribution in [1.29, 1.82) is 0 Å². The van der Waals surface area contributed by atoms with Crippen molar-refractivity contribution in [1.82, 2.24) is 4.90 Å². The molecule has 23 heavy (non-hydrogen) atoms. The van der Waals surface area contributed by atoms with E-state index in [-0.39, 0.29) is 5.71 Å². The Morgan fingerprint density at radius 3 is 2.48 bits per heavy atom. The molecular formula is C14H17ClN3O4S+. The quantitative estimate of drug-likeness (QED) is 0.828. The van der Waals surface area contributed by atoms with Crippen LogP contribution >= 0.6 is 11.6 Å². The zero-order chi connectivity index (χ0) is 17.5. The van der Waals surface area contributed by atoms with E-state index in [9.17, 15) is 18.0 Å². The highest BCUT2D eigenvalue weighted by Gasteiger charge is 2.50. The van der Waals surface area contributed by atoms with Crippen molar-refractivity contribution in [3.05, 3.63) is 28.8 Å². The van der Waals surface area contributed by atoms with E-state index in [1.807, 2.05) is 0 Å². The van der Waals surface area contributed by atoms with Gasteiger partial charge in [0, 0.05) is 5.02 Å². The minimum absolute atomic E-state index is 0.144. The van der Waals surface area contributed by atoms with Crippen molar-refractivity contribution in [2.75, 3.05) is 18.8 Å². The third-order valence-electron chi connectivity index (χ3n) is 3.87. The third-order valence-corrected chi connectivity index (χ3v) is 5.94. The van der Waals surface area contributed by atoms with Gasteiger partial charge in [-0.15, -0.1) is 0 Å². The normalized spacial score (nSPS) is 19.3. The van der Waals surface area contributed by atoms with E-state index < -0.39 is 27.2 Å². The standard InChI is InChI=1S/C14H17ClN3O4S/c1-8-10(15)6-5-7-11(8)16-23(21,22)12-9(2)17(3)14(20)18(4)13(12)19/h5-7,12,16H,1-4H3/q+1. The number of benzene rings is 1. The summed E-state index contributed by atoms with van der Waals surface area (Å²) in [4.78, 5) is 24.9. The Morgan fingerprint density at radius 1 is 1.26 bits per heavy atom. The van der Waals surface area contributed by atoms with Gasteiger partial charge in [0.05, 0.1) is 19.8 Å². The van der Waals surface area contributed by atoms with Crippen LogP contribution in [0.2, 0.25) is 5.02 Å². The lowest BCUT2D eigenvalue weighted by molar-refractivity contribution is -0.405. The van der Waals surface area contributed by atoms with E-state index in [4.69, 9.17) is 11.6 Å². The number of imide groups is 1. The molecule has 1 aliphatic rings. The first-order valence-electron chi connectivity index (χ1n) is 6.73. The van der Waals surface area contributed by atoms with Gasteiger partial charge >= 0.3 is 11.9 Å². The summed E-state index contributed by atoms with van der Waals surface area (Å²) in [6, 6.07) is 4.23. The largest absolute Gasteiger partial charge is 0.500 e. The monoisotopic (exact) mass is 358 g/mol. The Kier molecular flexibility index (Phi) is 4.50. The summed E-state index contributed by atoms with van der Waals surface area (Å²) in [5.74, 6) is -0.794. The summed E-state index contributed by atoms with van der Waals surface area (Å²) < 4.78 is 28.9. The second-order valence-corrected chi connectivity index (χ2v) is 7.49. The lowest BCUT2D eigenvalue weighted by atomic mass is 10.2. The summed E-state index contributed by atoms with van der Waals surface area (Å²) in [5, 5.41) is -1.07. The predicted molar refractivity (Wildman–Crippen MR) is 87.6 cm³/mol. The van der Waals surface area contributed by atoms with Crippen LogP contribution in [0.5, 0.6) is 0 Å². The molecule has 3 amide bonds. The second-order valence-electron chi connectivity index (χ2n) is 5.32. The smallest absolute Gasteiger partial charge is 0.282 e. The number of amides is 3. The van der Waals surface area contributed by atoms with Gasteiger partial charge in [-0.3, -0.25) is 4.72 Å². The first kappa shape index (κ1) is 17.4. The van der Waals surface area contributed by atoms with E-state index in [0.717, 1.165) is 9.48 Å². The van der Waals surface area contributed by atoms with E-state index in [1.54, 1.807) is 25.1 Å². The van der Waals surface area contributed by atoms with Crippen molar-refractivity contribution < 1.29 is 22.6 Å². The molecule has 0 bridgehead atoms. The molecule has 0 spiro atoms. The highest BCUT2D eigenvalue weighted by atomic mass is 35.5. The van der Waals surface area contributed by atoms with E-state index in [2.05, 4.69) is 4.72 Å². The van der Waals surface area contributed by atoms with Crippen molar-refractivity contribution >= 4 is 45.0 Å². The summed E-state index contributed by atoms with van der Waals surface area (Å²) in [6.07, 6.45) is 0. The molecule has 1 aromatic rings. The zero-order valence-electron chi connectivity index (χ0n) is 13.1. The topological polar surface area (TPSA) is 86.6 Å². The van der Waals surface area contributed by atoms with Crippen LogP contribution in [0.4, 0.5) is 10.5 Å². The van der Waals surface area contributed by atoms with Crippen molar-refractivity contribution in [3.63, 3.8) is 0 Å². The van der Waals surface area contributed by atoms with Crippen LogP contribution < -0.4 is 4.72 Å². The molecule has 2 rings (SSSR count). The fourth-order valence-electron chi connectivity index (χ4n) is 2.29. The highest BCUT2D eigenvalue weighted by molar-refractivity contribution is 7.94. The van der Waals surface area contributed by atoms with Gasteiger partial charge in [0.2, 0.25) is 5.25 Å². The van der Waals surface area contributed by atoms with E-state index in [1.165, 1.54) is 21.0 Å². The van der Waals surface area contributed by atoms with Gasteiger partial charge in [-0.25, -0.2) is 13.2 Å². The average Bonchev–Trinajstić information content (AvgIpc) is 2.47. The molecule has 1 aliphatic heterocycles. The number of nitrogens with one attached hydrogen (secondary N) is 1. The van der Waals surface area contributed by atoms with Crippen LogP contribution in [0.15, 0.2) is 18.2 Å². The molecule has 0 aromatic heterocycles. The number of rotatable bonds is 3. The molecule has 1 N–H and O–H groups in total. The van der Waals surface area contributed by atoms with Crippen LogP contribution in [-0.2, 0) is 14.8 Å². The molecular weight excluding hydrogens is 342 g/mol. The van der Waals surface area contributed by atoms with E-state index >= 15 is 0 Å². The summed E-state index contributed by atoms with van der Waals surface area (Å²) in [5.41, 5.74) is 0.988. The molecule has 0 saturated heterocycles. The number of hydrogen-bond donors (Lipinski definition) is 1. The molecule has 9 heteroatoms. The summed E-state index contributed by atoms with van der Waals surface area (Å²) in [7, 11) is -1.42. The zero-order valence-corrected chi connectivity index (χ0v) is 14.7. The fraction of sp³-hybridized carbons (Fsp3) is 0.357. The third kappa shape index (κ3) is 2.96. The lowest BCUT2D eigenvalue weighted by Crippen LogP contribution is -2.57. The van der Waals surface area contributed by atoms with Crippen LogP contribution in [0, 0.1) is 6.92 Å². The number of hydrogen-bond acceptors (Lipinski definition) is 4. The first-order valence-corrected chi connectivity index (χ1v) is 8.65. The second kappa shape index (κ2) is 5.93. The van der Waals surface area contributed by atoms with Crippen molar-refractivity contribution in [2.24, 2.45) is 0 Å². The number of halogens is 1. The lowest BCUT2D eigenvalue weighted by Gasteiger charge is -2.24. The van der Waals surface area contributed by atoms with Crippen molar-refractivity contribution in [3.8, 4) is 0 Å². The minimum Gasteiger partial charge on any atom is -0.282 e. The number of nitrogens with zero attached hydrogens (tertiary/aromatic N) is 2. The molecule has 0 fully saturated rings. The van der Waals surface area contributed by atoms with Gasteiger partial charge in [0.15, 0.2) is 0 Å². The molecule has 1 atom stereocenters. The number of urea groups is 1. The maximum absolute atomic E-state index is 12.7. The highest BCUT2D eigenvalue weighted by Crippen LogP contribution is 2.25. The Labute approximate surface area is 139 Å². The van der Waals surface area contributed by atoms with E-state index in [0.29, 0.717) is 16.3 Å². The van der Waals surface area contributed by atoms with Gasteiger partial charge in [0.25, 0.3) is 10.0 Å². The molecule has 1 heterocycles. The predicted octanol–water partition coefficient (Wildman–Crippen LogP) is 1.45. The fourth-order valence-corrected chi connectivity index (χ4v) is 4.14. The van der Waals surface area contributed by atoms with Crippen LogP contribution in [0.3, 0.4) is 0 Å². The molecule has 0 saturated carbocycles. The summed E-state index contributed by atoms with van der Waals surface area (Å²) in [6.45, 7) is 3.11.